The minimum atomic E-state index is -0.133. The maximum atomic E-state index is 12.0. The van der Waals surface area contributed by atoms with Crippen LogP contribution in [0.2, 0.25) is 0 Å². The van der Waals surface area contributed by atoms with Gasteiger partial charge >= 0.3 is 0 Å². The van der Waals surface area contributed by atoms with Crippen molar-refractivity contribution in [3.63, 3.8) is 0 Å². The number of amides is 1. The molecule has 0 aliphatic rings. The summed E-state index contributed by atoms with van der Waals surface area (Å²) in [5.41, 5.74) is 2.33. The van der Waals surface area contributed by atoms with Gasteiger partial charge in [0.05, 0.1) is 10.5 Å². The maximum Gasteiger partial charge on any atom is 0.258 e. The summed E-state index contributed by atoms with van der Waals surface area (Å²) in [6, 6.07) is 15.8. The highest BCUT2D eigenvalue weighted by Gasteiger charge is 2.11. The summed E-state index contributed by atoms with van der Waals surface area (Å²) >= 11 is 3.50. The number of hydrogen-bond donors (Lipinski definition) is 1. The van der Waals surface area contributed by atoms with Crippen LogP contribution in [-0.2, 0) is 11.2 Å². The summed E-state index contributed by atoms with van der Waals surface area (Å²) in [7, 11) is 0. The van der Waals surface area contributed by atoms with E-state index >= 15 is 0 Å². The predicted octanol–water partition coefficient (Wildman–Crippen LogP) is 4.66. The first-order valence-corrected chi connectivity index (χ1v) is 8.65. The second-order valence-electron chi connectivity index (χ2n) is 5.50. The zero-order valence-corrected chi connectivity index (χ0v) is 15.1. The minimum absolute atomic E-state index is 0.00288. The Labute approximate surface area is 146 Å². The Morgan fingerprint density at radius 3 is 2.61 bits per heavy atom. The fourth-order valence-electron chi connectivity index (χ4n) is 2.36. The number of ether oxygens (including phenoxy) is 1. The number of carbonyl (C=O) groups excluding carboxylic acids is 1. The van der Waals surface area contributed by atoms with Gasteiger partial charge in [0.1, 0.15) is 5.75 Å². The van der Waals surface area contributed by atoms with Gasteiger partial charge in [0.25, 0.3) is 5.91 Å². The Hall–Kier alpha value is -1.81. The lowest BCUT2D eigenvalue weighted by atomic mass is 10.1. The van der Waals surface area contributed by atoms with Crippen molar-refractivity contribution in [2.24, 2.45) is 0 Å². The van der Waals surface area contributed by atoms with Crippen molar-refractivity contribution in [1.29, 1.82) is 0 Å². The molecule has 3 nitrogen and oxygen atoms in total. The van der Waals surface area contributed by atoms with Gasteiger partial charge in [-0.15, -0.1) is 0 Å². The third-order valence-corrected chi connectivity index (χ3v) is 4.19. The third-order valence-electron chi connectivity index (χ3n) is 3.57. The van der Waals surface area contributed by atoms with Crippen LogP contribution in [0.3, 0.4) is 0 Å². The number of halogens is 1. The minimum Gasteiger partial charge on any atom is -0.483 e. The van der Waals surface area contributed by atoms with E-state index in [1.807, 2.05) is 55.5 Å². The van der Waals surface area contributed by atoms with Crippen molar-refractivity contribution in [2.75, 3.05) is 6.61 Å². The summed E-state index contributed by atoms with van der Waals surface area (Å²) in [5, 5.41) is 2.94. The normalized spacial score (nSPS) is 11.8. The molecule has 122 valence electrons. The first kappa shape index (κ1) is 17.5. The van der Waals surface area contributed by atoms with Crippen LogP contribution in [0.5, 0.6) is 5.75 Å². The molecular formula is C19H22BrNO2. The lowest BCUT2D eigenvalue weighted by Gasteiger charge is -2.15. The van der Waals surface area contributed by atoms with Crippen LogP contribution in [0, 0.1) is 0 Å². The van der Waals surface area contributed by atoms with Crippen molar-refractivity contribution in [3.8, 4) is 5.75 Å². The van der Waals surface area contributed by atoms with E-state index in [1.54, 1.807) is 0 Å². The highest BCUT2D eigenvalue weighted by Crippen LogP contribution is 2.26. The zero-order valence-electron chi connectivity index (χ0n) is 13.5. The van der Waals surface area contributed by atoms with Gasteiger partial charge in [0.15, 0.2) is 6.61 Å². The van der Waals surface area contributed by atoms with E-state index in [4.69, 9.17) is 4.74 Å². The summed E-state index contributed by atoms with van der Waals surface area (Å²) in [4.78, 5) is 12.0. The standard InChI is InChI=1S/C19H22BrNO2/c1-3-7-15-10-11-18(17(20)12-15)23-13-19(22)21-14(2)16-8-5-4-6-9-16/h4-6,8-12,14H,3,7,13H2,1-2H3,(H,21,22). The topological polar surface area (TPSA) is 38.3 Å². The van der Waals surface area contributed by atoms with E-state index in [9.17, 15) is 4.79 Å². The van der Waals surface area contributed by atoms with Crippen LogP contribution in [0.4, 0.5) is 0 Å². The van der Waals surface area contributed by atoms with E-state index in [2.05, 4.69) is 28.2 Å². The highest BCUT2D eigenvalue weighted by atomic mass is 79.9. The van der Waals surface area contributed by atoms with Crippen LogP contribution in [0.15, 0.2) is 53.0 Å². The van der Waals surface area contributed by atoms with Crippen molar-refractivity contribution < 1.29 is 9.53 Å². The smallest absolute Gasteiger partial charge is 0.258 e. The van der Waals surface area contributed by atoms with E-state index in [0.717, 1.165) is 22.9 Å². The Balaban J connectivity index is 1.87. The molecule has 0 spiro atoms. The molecule has 1 atom stereocenters. The van der Waals surface area contributed by atoms with Gasteiger partial charge in [-0.25, -0.2) is 0 Å². The van der Waals surface area contributed by atoms with Crippen molar-refractivity contribution in [1.82, 2.24) is 5.32 Å². The largest absolute Gasteiger partial charge is 0.483 e. The van der Waals surface area contributed by atoms with Gasteiger partial charge in [0.2, 0.25) is 0 Å². The fourth-order valence-corrected chi connectivity index (χ4v) is 2.90. The average Bonchev–Trinajstić information content (AvgIpc) is 2.55. The second-order valence-corrected chi connectivity index (χ2v) is 6.36. The molecule has 0 aliphatic heterocycles. The quantitative estimate of drug-likeness (QED) is 0.764. The predicted molar refractivity (Wildman–Crippen MR) is 96.6 cm³/mol. The first-order valence-electron chi connectivity index (χ1n) is 7.85. The lowest BCUT2D eigenvalue weighted by molar-refractivity contribution is -0.123. The van der Waals surface area contributed by atoms with Crippen LogP contribution in [0.25, 0.3) is 0 Å². The maximum absolute atomic E-state index is 12.0. The first-order chi connectivity index (χ1) is 11.1. The molecule has 0 aliphatic carbocycles. The Bertz CT molecular complexity index is 643. The number of nitrogens with one attached hydrogen (secondary N) is 1. The fraction of sp³-hybridized carbons (Fsp3) is 0.316. The molecule has 0 saturated heterocycles. The summed E-state index contributed by atoms with van der Waals surface area (Å²) in [5.74, 6) is 0.554. The number of aryl methyl sites for hydroxylation is 1. The molecule has 0 radical (unpaired) electrons. The van der Waals surface area contributed by atoms with E-state index in [1.165, 1.54) is 5.56 Å². The van der Waals surface area contributed by atoms with E-state index in [0.29, 0.717) is 5.75 Å². The molecule has 0 bridgehead atoms. The zero-order chi connectivity index (χ0) is 16.7. The van der Waals surface area contributed by atoms with Gasteiger partial charge in [-0.05, 0) is 52.5 Å². The average molecular weight is 376 g/mol. The van der Waals surface area contributed by atoms with Crippen LogP contribution < -0.4 is 10.1 Å². The summed E-state index contributed by atoms with van der Waals surface area (Å²) in [6.07, 6.45) is 2.14. The molecule has 0 fully saturated rings. The molecule has 0 heterocycles. The molecule has 0 aromatic heterocycles. The summed E-state index contributed by atoms with van der Waals surface area (Å²) in [6.45, 7) is 4.11. The van der Waals surface area contributed by atoms with Crippen molar-refractivity contribution in [3.05, 3.63) is 64.1 Å². The molecule has 2 aromatic carbocycles. The summed E-state index contributed by atoms with van der Waals surface area (Å²) < 4.78 is 6.49. The number of benzene rings is 2. The van der Waals surface area contributed by atoms with Crippen LogP contribution in [-0.4, -0.2) is 12.5 Å². The Morgan fingerprint density at radius 1 is 1.22 bits per heavy atom. The lowest BCUT2D eigenvalue weighted by Crippen LogP contribution is -2.31. The van der Waals surface area contributed by atoms with Crippen molar-refractivity contribution >= 4 is 21.8 Å². The van der Waals surface area contributed by atoms with Crippen LogP contribution >= 0.6 is 15.9 Å². The monoisotopic (exact) mass is 375 g/mol. The van der Waals surface area contributed by atoms with Gasteiger partial charge in [-0.3, -0.25) is 4.79 Å². The van der Waals surface area contributed by atoms with E-state index < -0.39 is 0 Å². The van der Waals surface area contributed by atoms with Gasteiger partial charge in [-0.1, -0.05) is 49.7 Å². The molecule has 1 amide bonds. The SMILES string of the molecule is CCCc1ccc(OCC(=O)NC(C)c2ccccc2)c(Br)c1. The molecule has 23 heavy (non-hydrogen) atoms. The molecule has 1 N–H and O–H groups in total. The number of hydrogen-bond acceptors (Lipinski definition) is 2. The number of rotatable bonds is 7. The molecule has 0 saturated carbocycles. The Kier molecular flexibility index (Phi) is 6.66. The van der Waals surface area contributed by atoms with Crippen LogP contribution in [0.1, 0.15) is 37.4 Å². The molecule has 1 unspecified atom stereocenters. The highest BCUT2D eigenvalue weighted by molar-refractivity contribution is 9.10. The Morgan fingerprint density at radius 2 is 1.96 bits per heavy atom. The van der Waals surface area contributed by atoms with Crippen molar-refractivity contribution in [2.45, 2.75) is 32.7 Å². The molecular weight excluding hydrogens is 354 g/mol. The van der Waals surface area contributed by atoms with E-state index in [-0.39, 0.29) is 18.6 Å². The molecule has 4 heteroatoms. The molecule has 2 rings (SSSR count). The number of carbonyl (C=O) groups is 1. The third kappa shape index (κ3) is 5.39. The van der Waals surface area contributed by atoms with Gasteiger partial charge in [0, 0.05) is 0 Å². The molecule has 2 aromatic rings. The van der Waals surface area contributed by atoms with Gasteiger partial charge in [-0.2, -0.15) is 0 Å². The second kappa shape index (κ2) is 8.73. The van der Waals surface area contributed by atoms with Gasteiger partial charge < -0.3 is 10.1 Å².